The third kappa shape index (κ3) is 3.40. The standard InChI is InChI=1S/C21H15F2N3O3/c1-11-20(16-8-5-14(22)9-17(16)23)21-24-18(10-19(28)26(21)25-11)13-3-6-15(7-4-13)29-12(2)27/h3-10,25H,1-2H3. The summed E-state index contributed by atoms with van der Waals surface area (Å²) in [5.41, 5.74) is 1.85. The number of rotatable bonds is 3. The van der Waals surface area contributed by atoms with Crippen LogP contribution in [0.2, 0.25) is 0 Å². The average Bonchev–Trinajstić information content (AvgIpc) is 2.99. The second-order valence-electron chi connectivity index (χ2n) is 6.49. The zero-order chi connectivity index (χ0) is 20.7. The molecule has 0 aliphatic carbocycles. The summed E-state index contributed by atoms with van der Waals surface area (Å²) >= 11 is 0. The number of esters is 1. The molecular formula is C21H15F2N3O3. The van der Waals surface area contributed by atoms with E-state index in [0.717, 1.165) is 12.1 Å². The van der Waals surface area contributed by atoms with Gasteiger partial charge in [-0.1, -0.05) is 0 Å². The Morgan fingerprint density at radius 1 is 1.10 bits per heavy atom. The summed E-state index contributed by atoms with van der Waals surface area (Å²) in [5.74, 6) is -1.52. The molecule has 29 heavy (non-hydrogen) atoms. The largest absolute Gasteiger partial charge is 0.427 e. The lowest BCUT2D eigenvalue weighted by Crippen LogP contribution is -2.14. The molecule has 2 heterocycles. The van der Waals surface area contributed by atoms with Gasteiger partial charge in [0.1, 0.15) is 17.4 Å². The highest BCUT2D eigenvalue weighted by molar-refractivity contribution is 5.81. The Morgan fingerprint density at radius 2 is 1.83 bits per heavy atom. The van der Waals surface area contributed by atoms with Crippen molar-refractivity contribution in [1.82, 2.24) is 14.6 Å². The molecule has 6 nitrogen and oxygen atoms in total. The summed E-state index contributed by atoms with van der Waals surface area (Å²) in [6, 6.07) is 11.1. The van der Waals surface area contributed by atoms with Crippen molar-refractivity contribution < 1.29 is 18.3 Å². The molecule has 0 fully saturated rings. The van der Waals surface area contributed by atoms with Gasteiger partial charge in [-0.15, -0.1) is 0 Å². The van der Waals surface area contributed by atoms with E-state index in [-0.39, 0.29) is 16.8 Å². The fourth-order valence-electron chi connectivity index (χ4n) is 3.17. The van der Waals surface area contributed by atoms with Crippen molar-refractivity contribution in [3.05, 3.63) is 76.2 Å². The van der Waals surface area contributed by atoms with Crippen LogP contribution in [-0.4, -0.2) is 20.6 Å². The van der Waals surface area contributed by atoms with Crippen LogP contribution >= 0.6 is 0 Å². The zero-order valence-electron chi connectivity index (χ0n) is 15.5. The number of carbonyl (C=O) groups is 1. The van der Waals surface area contributed by atoms with Gasteiger partial charge in [-0.2, -0.15) is 0 Å². The molecule has 4 aromatic rings. The van der Waals surface area contributed by atoms with Crippen molar-refractivity contribution >= 4 is 11.6 Å². The fourth-order valence-corrected chi connectivity index (χ4v) is 3.17. The van der Waals surface area contributed by atoms with E-state index in [2.05, 4.69) is 10.1 Å². The number of nitrogens with zero attached hydrogens (tertiary/aromatic N) is 2. The number of H-pyrrole nitrogens is 1. The van der Waals surface area contributed by atoms with E-state index in [9.17, 15) is 18.4 Å². The van der Waals surface area contributed by atoms with Gasteiger partial charge in [0.15, 0.2) is 5.65 Å². The molecule has 0 aliphatic rings. The Labute approximate surface area is 163 Å². The summed E-state index contributed by atoms with van der Waals surface area (Å²) in [5, 5.41) is 2.87. The highest BCUT2D eigenvalue weighted by Gasteiger charge is 2.18. The van der Waals surface area contributed by atoms with Crippen LogP contribution in [0.5, 0.6) is 5.75 Å². The highest BCUT2D eigenvalue weighted by Crippen LogP contribution is 2.30. The molecule has 0 aliphatic heterocycles. The Hall–Kier alpha value is -3.81. The lowest BCUT2D eigenvalue weighted by Gasteiger charge is -2.06. The summed E-state index contributed by atoms with van der Waals surface area (Å²) in [4.78, 5) is 28.2. The Balaban J connectivity index is 1.88. The van der Waals surface area contributed by atoms with Gasteiger partial charge in [0.25, 0.3) is 5.56 Å². The molecule has 4 rings (SSSR count). The van der Waals surface area contributed by atoms with Crippen LogP contribution in [-0.2, 0) is 4.79 Å². The van der Waals surface area contributed by atoms with Gasteiger partial charge < -0.3 is 4.74 Å². The molecule has 0 saturated heterocycles. The van der Waals surface area contributed by atoms with Gasteiger partial charge in [-0.25, -0.2) is 18.3 Å². The first-order chi connectivity index (χ1) is 13.8. The number of aromatic amines is 1. The minimum absolute atomic E-state index is 0.136. The van der Waals surface area contributed by atoms with Crippen molar-refractivity contribution in [2.75, 3.05) is 0 Å². The van der Waals surface area contributed by atoms with E-state index >= 15 is 0 Å². The SMILES string of the molecule is CC(=O)Oc1ccc(-c2cc(=O)n3[nH]c(C)c(-c4ccc(F)cc4F)c3n2)cc1. The minimum atomic E-state index is -0.750. The van der Waals surface area contributed by atoms with E-state index < -0.39 is 17.6 Å². The number of hydrogen-bond acceptors (Lipinski definition) is 4. The number of nitrogens with one attached hydrogen (secondary N) is 1. The van der Waals surface area contributed by atoms with Crippen molar-refractivity contribution in [1.29, 1.82) is 0 Å². The van der Waals surface area contributed by atoms with Crippen molar-refractivity contribution in [2.45, 2.75) is 13.8 Å². The van der Waals surface area contributed by atoms with E-state index in [1.807, 2.05) is 0 Å². The van der Waals surface area contributed by atoms with Gasteiger partial charge in [0, 0.05) is 41.4 Å². The quantitative estimate of drug-likeness (QED) is 0.422. The Kier molecular flexibility index (Phi) is 4.46. The number of benzene rings is 2. The van der Waals surface area contributed by atoms with E-state index in [0.29, 0.717) is 28.3 Å². The molecule has 0 saturated carbocycles. The normalized spacial score (nSPS) is 11.0. The van der Waals surface area contributed by atoms with Crippen LogP contribution in [0.1, 0.15) is 12.6 Å². The molecule has 0 spiro atoms. The van der Waals surface area contributed by atoms with Crippen LogP contribution in [0.3, 0.4) is 0 Å². The van der Waals surface area contributed by atoms with Crippen LogP contribution < -0.4 is 10.3 Å². The Bertz CT molecular complexity index is 1310. The van der Waals surface area contributed by atoms with Crippen LogP contribution in [0, 0.1) is 18.6 Å². The second kappa shape index (κ2) is 6.97. The smallest absolute Gasteiger partial charge is 0.308 e. The van der Waals surface area contributed by atoms with Crippen LogP contribution in [0.15, 0.2) is 53.3 Å². The minimum Gasteiger partial charge on any atom is -0.427 e. The summed E-state index contributed by atoms with van der Waals surface area (Å²) in [6.45, 7) is 2.98. The topological polar surface area (TPSA) is 76.5 Å². The number of carbonyl (C=O) groups excluding carboxylic acids is 1. The van der Waals surface area contributed by atoms with Crippen molar-refractivity contribution in [2.24, 2.45) is 0 Å². The van der Waals surface area contributed by atoms with Crippen LogP contribution in [0.4, 0.5) is 8.78 Å². The summed E-state index contributed by atoms with van der Waals surface area (Å²) in [6.07, 6.45) is 0. The third-order valence-corrected chi connectivity index (χ3v) is 4.41. The first kappa shape index (κ1) is 18.5. The molecule has 0 amide bonds. The number of halogens is 2. The molecule has 0 atom stereocenters. The average molecular weight is 395 g/mol. The predicted molar refractivity (Wildman–Crippen MR) is 103 cm³/mol. The molecule has 1 N–H and O–H groups in total. The maximum atomic E-state index is 14.4. The lowest BCUT2D eigenvalue weighted by molar-refractivity contribution is -0.131. The van der Waals surface area contributed by atoms with Crippen molar-refractivity contribution in [3.63, 3.8) is 0 Å². The molecule has 2 aromatic carbocycles. The Morgan fingerprint density at radius 3 is 2.48 bits per heavy atom. The molecule has 0 radical (unpaired) electrons. The van der Waals surface area contributed by atoms with Gasteiger partial charge in [-0.05, 0) is 43.3 Å². The molecular weight excluding hydrogens is 380 g/mol. The number of hydrogen-bond donors (Lipinski definition) is 1. The van der Waals surface area contributed by atoms with Gasteiger partial charge >= 0.3 is 5.97 Å². The number of aromatic nitrogens is 3. The molecule has 0 bridgehead atoms. The van der Waals surface area contributed by atoms with Crippen molar-refractivity contribution in [3.8, 4) is 28.1 Å². The van der Waals surface area contributed by atoms with Gasteiger partial charge in [-0.3, -0.25) is 14.7 Å². The van der Waals surface area contributed by atoms with Gasteiger partial charge in [0.05, 0.1) is 5.69 Å². The van der Waals surface area contributed by atoms with E-state index in [1.165, 1.54) is 23.6 Å². The molecule has 0 unspecified atom stereocenters. The maximum Gasteiger partial charge on any atom is 0.308 e. The van der Waals surface area contributed by atoms with Gasteiger partial charge in [0.2, 0.25) is 0 Å². The van der Waals surface area contributed by atoms with E-state index in [4.69, 9.17) is 4.74 Å². The number of aryl methyl sites for hydroxylation is 1. The number of ether oxygens (including phenoxy) is 1. The van der Waals surface area contributed by atoms with Crippen LogP contribution in [0.25, 0.3) is 28.0 Å². The first-order valence-electron chi connectivity index (χ1n) is 8.70. The fraction of sp³-hybridized carbons (Fsp3) is 0.0952. The molecule has 146 valence electrons. The predicted octanol–water partition coefficient (Wildman–Crippen LogP) is 3.87. The summed E-state index contributed by atoms with van der Waals surface area (Å²) < 4.78 is 33.9. The second-order valence-corrected chi connectivity index (χ2v) is 6.49. The maximum absolute atomic E-state index is 14.4. The highest BCUT2D eigenvalue weighted by atomic mass is 19.1. The lowest BCUT2D eigenvalue weighted by atomic mass is 10.1. The number of fused-ring (bicyclic) bond motifs is 1. The molecule has 2 aromatic heterocycles. The summed E-state index contributed by atoms with van der Waals surface area (Å²) in [7, 11) is 0. The monoisotopic (exact) mass is 395 g/mol. The third-order valence-electron chi connectivity index (χ3n) is 4.41. The van der Waals surface area contributed by atoms with E-state index in [1.54, 1.807) is 31.2 Å². The zero-order valence-corrected chi connectivity index (χ0v) is 15.5. The molecule has 8 heteroatoms. The first-order valence-corrected chi connectivity index (χ1v) is 8.70.